The van der Waals surface area contributed by atoms with Crippen LogP contribution >= 0.6 is 0 Å². The lowest BCUT2D eigenvalue weighted by Gasteiger charge is -2.27. The van der Waals surface area contributed by atoms with Crippen LogP contribution in [0.3, 0.4) is 0 Å². The third kappa shape index (κ3) is 5.38. The van der Waals surface area contributed by atoms with Gasteiger partial charge in [-0.15, -0.1) is 0 Å². The minimum absolute atomic E-state index is 0.251. The fraction of sp³-hybridized carbons (Fsp3) is 1.00. The molecular weight excluding hydrogens is 262 g/mol. The number of rotatable bonds is 10. The number of nitrogens with one attached hydrogen (secondary N) is 1. The third-order valence-electron chi connectivity index (χ3n) is 3.29. The average molecular weight is 291 g/mol. The Balaban J connectivity index is 2.45. The standard InChI is InChI=1S/C13H29N3O2S/c1-5-10-16(13-7-8-13)19(17,18)15(4)11-6-9-14-12(2)3/h12-14H,5-11H2,1-4H3. The normalized spacial score (nSPS) is 16.8. The molecule has 1 N–H and O–H groups in total. The molecule has 0 aromatic rings. The van der Waals surface area contributed by atoms with E-state index in [0.717, 1.165) is 32.2 Å². The van der Waals surface area contributed by atoms with Crippen molar-refractivity contribution in [2.75, 3.05) is 26.7 Å². The number of nitrogens with zero attached hydrogens (tertiary/aromatic N) is 2. The first-order chi connectivity index (χ1) is 8.89. The summed E-state index contributed by atoms with van der Waals surface area (Å²) >= 11 is 0. The molecule has 0 aromatic heterocycles. The first-order valence-electron chi connectivity index (χ1n) is 7.36. The van der Waals surface area contributed by atoms with Crippen LogP contribution in [0, 0.1) is 0 Å². The van der Waals surface area contributed by atoms with Crippen molar-refractivity contribution >= 4 is 10.2 Å². The molecule has 1 aliphatic carbocycles. The van der Waals surface area contributed by atoms with Crippen LogP contribution in [0.25, 0.3) is 0 Å². The van der Waals surface area contributed by atoms with E-state index in [0.29, 0.717) is 19.1 Å². The second-order valence-electron chi connectivity index (χ2n) is 5.63. The highest BCUT2D eigenvalue weighted by Gasteiger charge is 2.38. The Bertz CT molecular complexity index is 353. The van der Waals surface area contributed by atoms with Crippen LogP contribution in [0.5, 0.6) is 0 Å². The highest BCUT2D eigenvalue weighted by Crippen LogP contribution is 2.30. The molecule has 0 atom stereocenters. The average Bonchev–Trinajstić information content (AvgIpc) is 3.14. The summed E-state index contributed by atoms with van der Waals surface area (Å²) in [6.07, 6.45) is 3.75. The summed E-state index contributed by atoms with van der Waals surface area (Å²) < 4.78 is 28.1. The van der Waals surface area contributed by atoms with Gasteiger partial charge in [-0.25, -0.2) is 0 Å². The predicted molar refractivity (Wildman–Crippen MR) is 79.3 cm³/mol. The van der Waals surface area contributed by atoms with Crippen molar-refractivity contribution in [1.29, 1.82) is 0 Å². The van der Waals surface area contributed by atoms with Gasteiger partial charge in [-0.05, 0) is 32.2 Å². The van der Waals surface area contributed by atoms with Gasteiger partial charge in [-0.3, -0.25) is 0 Å². The van der Waals surface area contributed by atoms with Gasteiger partial charge < -0.3 is 5.32 Å². The second kappa shape index (κ2) is 7.57. The van der Waals surface area contributed by atoms with Crippen LogP contribution in [0.15, 0.2) is 0 Å². The smallest absolute Gasteiger partial charge is 0.281 e. The van der Waals surface area contributed by atoms with Gasteiger partial charge in [0.1, 0.15) is 0 Å². The Morgan fingerprint density at radius 2 is 1.89 bits per heavy atom. The highest BCUT2D eigenvalue weighted by molar-refractivity contribution is 7.86. The summed E-state index contributed by atoms with van der Waals surface area (Å²) in [7, 11) is -1.57. The first-order valence-corrected chi connectivity index (χ1v) is 8.75. The number of hydrogen-bond donors (Lipinski definition) is 1. The zero-order valence-electron chi connectivity index (χ0n) is 12.7. The maximum atomic E-state index is 12.5. The van der Waals surface area contributed by atoms with Crippen molar-refractivity contribution in [2.45, 2.75) is 58.5 Å². The number of hydrogen-bond acceptors (Lipinski definition) is 3. The molecular formula is C13H29N3O2S. The van der Waals surface area contributed by atoms with Gasteiger partial charge in [0.15, 0.2) is 0 Å². The molecule has 1 fully saturated rings. The van der Waals surface area contributed by atoms with Gasteiger partial charge in [0, 0.05) is 32.2 Å². The van der Waals surface area contributed by atoms with Crippen molar-refractivity contribution in [2.24, 2.45) is 0 Å². The lowest BCUT2D eigenvalue weighted by atomic mass is 10.3. The zero-order chi connectivity index (χ0) is 14.5. The van der Waals surface area contributed by atoms with Crippen molar-refractivity contribution in [1.82, 2.24) is 13.9 Å². The van der Waals surface area contributed by atoms with Crippen molar-refractivity contribution in [3.05, 3.63) is 0 Å². The van der Waals surface area contributed by atoms with E-state index >= 15 is 0 Å². The zero-order valence-corrected chi connectivity index (χ0v) is 13.5. The first kappa shape index (κ1) is 16.9. The Kier molecular flexibility index (Phi) is 6.73. The Hall–Kier alpha value is -0.170. The van der Waals surface area contributed by atoms with Gasteiger partial charge in [0.25, 0.3) is 10.2 Å². The molecule has 1 rings (SSSR count). The van der Waals surface area contributed by atoms with Crippen molar-refractivity contribution in [3.63, 3.8) is 0 Å². The molecule has 0 saturated heterocycles. The largest absolute Gasteiger partial charge is 0.314 e. The van der Waals surface area contributed by atoms with E-state index in [2.05, 4.69) is 19.2 Å². The maximum Gasteiger partial charge on any atom is 0.281 e. The molecule has 5 nitrogen and oxygen atoms in total. The molecule has 0 aliphatic heterocycles. The van der Waals surface area contributed by atoms with Gasteiger partial charge in [0.05, 0.1) is 0 Å². The fourth-order valence-electron chi connectivity index (χ4n) is 2.06. The molecule has 19 heavy (non-hydrogen) atoms. The molecule has 6 heteroatoms. The molecule has 1 aliphatic rings. The topological polar surface area (TPSA) is 52.7 Å². The molecule has 0 amide bonds. The molecule has 0 spiro atoms. The Morgan fingerprint density at radius 1 is 1.26 bits per heavy atom. The van der Waals surface area contributed by atoms with Crippen LogP contribution < -0.4 is 5.32 Å². The molecule has 0 unspecified atom stereocenters. The van der Waals surface area contributed by atoms with Gasteiger partial charge in [-0.2, -0.15) is 17.0 Å². The molecule has 0 bridgehead atoms. The van der Waals surface area contributed by atoms with E-state index in [1.807, 2.05) is 6.92 Å². The predicted octanol–water partition coefficient (Wildman–Crippen LogP) is 1.43. The van der Waals surface area contributed by atoms with Crippen LogP contribution in [0.1, 0.15) is 46.5 Å². The molecule has 0 radical (unpaired) electrons. The van der Waals surface area contributed by atoms with E-state index in [-0.39, 0.29) is 6.04 Å². The summed E-state index contributed by atoms with van der Waals surface area (Å²) in [5.74, 6) is 0. The van der Waals surface area contributed by atoms with Crippen molar-refractivity contribution in [3.8, 4) is 0 Å². The van der Waals surface area contributed by atoms with Crippen LogP contribution in [0.4, 0.5) is 0 Å². The Labute approximate surface area is 118 Å². The third-order valence-corrected chi connectivity index (χ3v) is 5.33. The second-order valence-corrected chi connectivity index (χ2v) is 7.62. The summed E-state index contributed by atoms with van der Waals surface area (Å²) in [5, 5.41) is 3.31. The summed E-state index contributed by atoms with van der Waals surface area (Å²) in [6.45, 7) is 8.29. The van der Waals surface area contributed by atoms with Gasteiger partial charge in [0.2, 0.25) is 0 Å². The summed E-state index contributed by atoms with van der Waals surface area (Å²) in [5.41, 5.74) is 0. The minimum atomic E-state index is -3.26. The minimum Gasteiger partial charge on any atom is -0.314 e. The lowest BCUT2D eigenvalue weighted by molar-refractivity contribution is 0.348. The maximum absolute atomic E-state index is 12.5. The van der Waals surface area contributed by atoms with E-state index in [4.69, 9.17) is 0 Å². The van der Waals surface area contributed by atoms with Crippen LogP contribution in [0.2, 0.25) is 0 Å². The quantitative estimate of drug-likeness (QED) is 0.619. The molecule has 1 saturated carbocycles. The van der Waals surface area contributed by atoms with E-state index in [9.17, 15) is 8.42 Å². The van der Waals surface area contributed by atoms with Gasteiger partial charge in [-0.1, -0.05) is 20.8 Å². The monoisotopic (exact) mass is 291 g/mol. The molecule has 0 heterocycles. The summed E-state index contributed by atoms with van der Waals surface area (Å²) in [4.78, 5) is 0. The van der Waals surface area contributed by atoms with Crippen LogP contribution in [-0.4, -0.2) is 55.8 Å². The van der Waals surface area contributed by atoms with E-state index < -0.39 is 10.2 Å². The molecule has 114 valence electrons. The Morgan fingerprint density at radius 3 is 2.37 bits per heavy atom. The lowest BCUT2D eigenvalue weighted by Crippen LogP contribution is -2.44. The van der Waals surface area contributed by atoms with Crippen LogP contribution in [-0.2, 0) is 10.2 Å². The highest BCUT2D eigenvalue weighted by atomic mass is 32.2. The van der Waals surface area contributed by atoms with E-state index in [1.165, 1.54) is 4.31 Å². The SMILES string of the molecule is CCCN(C1CC1)S(=O)(=O)N(C)CCCNC(C)C. The molecule has 0 aromatic carbocycles. The van der Waals surface area contributed by atoms with Gasteiger partial charge >= 0.3 is 0 Å². The van der Waals surface area contributed by atoms with E-state index in [1.54, 1.807) is 11.4 Å². The van der Waals surface area contributed by atoms with Crippen molar-refractivity contribution < 1.29 is 8.42 Å². The fourth-order valence-corrected chi connectivity index (χ4v) is 3.77. The summed E-state index contributed by atoms with van der Waals surface area (Å²) in [6, 6.07) is 0.700.